The molecule has 0 heterocycles. The molecule has 184 valence electrons. The summed E-state index contributed by atoms with van der Waals surface area (Å²) in [4.78, 5) is 23.7. The predicted octanol–water partition coefficient (Wildman–Crippen LogP) is 4.62. The maximum absolute atomic E-state index is 12.7. The molecule has 0 unspecified atom stereocenters. The highest BCUT2D eigenvalue weighted by Gasteiger charge is 2.18. The number of hydrogen-bond acceptors (Lipinski definition) is 4. The molecule has 0 fully saturated rings. The molecular formula is C29H34N2O4. The maximum Gasteiger partial charge on any atom is 0.320 e. The fourth-order valence-corrected chi connectivity index (χ4v) is 4.06. The number of rotatable bonds is 11. The highest BCUT2D eigenvalue weighted by molar-refractivity contribution is 5.94. The van der Waals surface area contributed by atoms with Crippen LogP contribution in [-0.2, 0) is 22.6 Å². The van der Waals surface area contributed by atoms with Crippen molar-refractivity contribution in [2.45, 2.75) is 38.8 Å². The average Bonchev–Trinajstić information content (AvgIpc) is 2.85. The number of carbonyl (C=O) groups is 2. The number of ether oxygens (including phenoxy) is 1. The van der Waals surface area contributed by atoms with Crippen LogP contribution in [0.2, 0.25) is 0 Å². The molecule has 6 nitrogen and oxygen atoms in total. The lowest BCUT2D eigenvalue weighted by molar-refractivity contribution is -0.138. The van der Waals surface area contributed by atoms with E-state index in [-0.39, 0.29) is 18.2 Å². The van der Waals surface area contributed by atoms with Gasteiger partial charge in [0.15, 0.2) is 0 Å². The van der Waals surface area contributed by atoms with Gasteiger partial charge in [0.2, 0.25) is 0 Å². The third-order valence-corrected chi connectivity index (χ3v) is 6.21. The molecule has 3 aromatic rings. The first-order valence-electron chi connectivity index (χ1n) is 11.8. The van der Waals surface area contributed by atoms with Crippen molar-refractivity contribution in [2.75, 3.05) is 13.7 Å². The SMILES string of the molecule is COCc1ccc(-c2ccc([C@H](CNC(=O)c3ccc(C[C@H](N)C(=O)O)cc3)C(C)C)cc2)cc1. The van der Waals surface area contributed by atoms with Crippen LogP contribution in [-0.4, -0.2) is 36.7 Å². The van der Waals surface area contributed by atoms with Crippen LogP contribution in [0.25, 0.3) is 11.1 Å². The summed E-state index contributed by atoms with van der Waals surface area (Å²) in [6.45, 7) is 5.43. The van der Waals surface area contributed by atoms with E-state index in [4.69, 9.17) is 15.6 Å². The molecule has 0 aromatic heterocycles. The fraction of sp³-hybridized carbons (Fsp3) is 0.310. The molecule has 6 heteroatoms. The quantitative estimate of drug-likeness (QED) is 0.376. The first-order chi connectivity index (χ1) is 16.8. The fourth-order valence-electron chi connectivity index (χ4n) is 4.06. The van der Waals surface area contributed by atoms with Gasteiger partial charge in [0.1, 0.15) is 6.04 Å². The summed E-state index contributed by atoms with van der Waals surface area (Å²) in [7, 11) is 1.69. The van der Waals surface area contributed by atoms with Crippen LogP contribution in [0.1, 0.15) is 46.8 Å². The second-order valence-electron chi connectivity index (χ2n) is 9.16. The van der Waals surface area contributed by atoms with Gasteiger partial charge in [-0.25, -0.2) is 0 Å². The summed E-state index contributed by atoms with van der Waals surface area (Å²) in [5, 5.41) is 12.0. The number of carboxylic acids is 1. The van der Waals surface area contributed by atoms with Crippen molar-refractivity contribution in [3.63, 3.8) is 0 Å². The van der Waals surface area contributed by atoms with Crippen LogP contribution >= 0.6 is 0 Å². The number of nitrogens with one attached hydrogen (secondary N) is 1. The van der Waals surface area contributed by atoms with E-state index in [1.165, 1.54) is 5.56 Å². The number of carbonyl (C=O) groups excluding carboxylic acids is 1. The van der Waals surface area contributed by atoms with E-state index in [0.717, 1.165) is 22.3 Å². The molecule has 0 aliphatic rings. The smallest absolute Gasteiger partial charge is 0.320 e. The van der Waals surface area contributed by atoms with E-state index < -0.39 is 12.0 Å². The minimum Gasteiger partial charge on any atom is -0.480 e. The normalized spacial score (nSPS) is 12.8. The van der Waals surface area contributed by atoms with E-state index in [0.29, 0.717) is 24.6 Å². The Balaban J connectivity index is 1.62. The van der Waals surface area contributed by atoms with Crippen molar-refractivity contribution in [1.82, 2.24) is 5.32 Å². The first-order valence-corrected chi connectivity index (χ1v) is 11.8. The van der Waals surface area contributed by atoms with Gasteiger partial charge in [0.05, 0.1) is 6.61 Å². The molecule has 0 saturated carbocycles. The van der Waals surface area contributed by atoms with Crippen LogP contribution in [0, 0.1) is 5.92 Å². The van der Waals surface area contributed by atoms with Gasteiger partial charge in [0.25, 0.3) is 5.91 Å². The monoisotopic (exact) mass is 474 g/mol. The van der Waals surface area contributed by atoms with Crippen LogP contribution in [0.3, 0.4) is 0 Å². The Bertz CT molecular complexity index is 1110. The number of amides is 1. The predicted molar refractivity (Wildman–Crippen MR) is 138 cm³/mol. The molecule has 2 atom stereocenters. The molecule has 1 amide bonds. The molecule has 0 aliphatic carbocycles. The summed E-state index contributed by atoms with van der Waals surface area (Å²) >= 11 is 0. The van der Waals surface area contributed by atoms with Gasteiger partial charge in [-0.1, -0.05) is 74.5 Å². The average molecular weight is 475 g/mol. The number of hydrogen-bond donors (Lipinski definition) is 3. The Morgan fingerprint density at radius 3 is 1.94 bits per heavy atom. The van der Waals surface area contributed by atoms with Crippen LogP contribution < -0.4 is 11.1 Å². The zero-order valence-electron chi connectivity index (χ0n) is 20.5. The van der Waals surface area contributed by atoms with Crippen molar-refractivity contribution in [3.8, 4) is 11.1 Å². The van der Waals surface area contributed by atoms with E-state index in [1.54, 1.807) is 31.4 Å². The van der Waals surface area contributed by atoms with E-state index in [9.17, 15) is 9.59 Å². The molecule has 3 rings (SSSR count). The third-order valence-electron chi connectivity index (χ3n) is 6.21. The summed E-state index contributed by atoms with van der Waals surface area (Å²) in [6.07, 6.45) is 0.222. The first kappa shape index (κ1) is 26.1. The number of benzene rings is 3. The van der Waals surface area contributed by atoms with Gasteiger partial charge in [-0.2, -0.15) is 0 Å². The molecule has 0 radical (unpaired) electrons. The molecule has 0 bridgehead atoms. The Hall–Kier alpha value is -3.48. The van der Waals surface area contributed by atoms with Crippen molar-refractivity contribution < 1.29 is 19.4 Å². The Morgan fingerprint density at radius 1 is 0.886 bits per heavy atom. The highest BCUT2D eigenvalue weighted by Crippen LogP contribution is 2.27. The van der Waals surface area contributed by atoms with E-state index >= 15 is 0 Å². The van der Waals surface area contributed by atoms with E-state index in [1.807, 2.05) is 0 Å². The number of aliphatic carboxylic acids is 1. The van der Waals surface area contributed by atoms with Gasteiger partial charge in [-0.3, -0.25) is 9.59 Å². The molecule has 0 saturated heterocycles. The molecule has 35 heavy (non-hydrogen) atoms. The van der Waals surface area contributed by atoms with Gasteiger partial charge in [-0.05, 0) is 52.3 Å². The second kappa shape index (κ2) is 12.3. The summed E-state index contributed by atoms with van der Waals surface area (Å²) < 4.78 is 5.18. The van der Waals surface area contributed by atoms with Gasteiger partial charge >= 0.3 is 5.97 Å². The van der Waals surface area contributed by atoms with Gasteiger partial charge in [-0.15, -0.1) is 0 Å². The third kappa shape index (κ3) is 7.25. The van der Waals surface area contributed by atoms with E-state index in [2.05, 4.69) is 67.7 Å². The van der Waals surface area contributed by atoms with Gasteiger partial charge < -0.3 is 20.9 Å². The Kier molecular flexibility index (Phi) is 9.18. The lowest BCUT2D eigenvalue weighted by Gasteiger charge is -2.22. The lowest BCUT2D eigenvalue weighted by Crippen LogP contribution is -2.32. The zero-order valence-corrected chi connectivity index (χ0v) is 20.5. The summed E-state index contributed by atoms with van der Waals surface area (Å²) in [6, 6.07) is 22.8. The van der Waals surface area contributed by atoms with Crippen molar-refractivity contribution in [2.24, 2.45) is 11.7 Å². The molecule has 0 aliphatic heterocycles. The van der Waals surface area contributed by atoms with Crippen molar-refractivity contribution in [3.05, 3.63) is 95.1 Å². The van der Waals surface area contributed by atoms with Crippen molar-refractivity contribution in [1.29, 1.82) is 0 Å². The standard InChI is InChI=1S/C29H34N2O4/c1-19(2)26(17-31-28(32)25-10-4-20(5-11-25)16-27(30)29(33)34)24-14-12-23(13-15-24)22-8-6-21(7-9-22)18-35-3/h4-15,19,26-27H,16-18,30H2,1-3H3,(H,31,32)(H,33,34)/t26-,27+/m1/s1. The largest absolute Gasteiger partial charge is 0.480 e. The second-order valence-corrected chi connectivity index (χ2v) is 9.16. The number of nitrogens with two attached hydrogens (primary N) is 1. The summed E-state index contributed by atoms with van der Waals surface area (Å²) in [5.41, 5.74) is 11.5. The van der Waals surface area contributed by atoms with Crippen LogP contribution in [0.15, 0.2) is 72.8 Å². The zero-order chi connectivity index (χ0) is 25.4. The minimum absolute atomic E-state index is 0.155. The summed E-state index contributed by atoms with van der Waals surface area (Å²) in [5.74, 6) is -0.684. The van der Waals surface area contributed by atoms with Gasteiger partial charge in [0, 0.05) is 25.1 Å². The number of carboxylic acid groups (broad SMARTS) is 1. The van der Waals surface area contributed by atoms with Crippen LogP contribution in [0.5, 0.6) is 0 Å². The molecular weight excluding hydrogens is 440 g/mol. The maximum atomic E-state index is 12.7. The molecule has 4 N–H and O–H groups in total. The molecule has 3 aromatic carbocycles. The highest BCUT2D eigenvalue weighted by atomic mass is 16.5. The minimum atomic E-state index is -1.04. The lowest BCUT2D eigenvalue weighted by atomic mass is 9.87. The number of methoxy groups -OCH3 is 1. The Morgan fingerprint density at radius 2 is 1.43 bits per heavy atom. The Labute approximate surface area is 207 Å². The molecule has 0 spiro atoms. The van der Waals surface area contributed by atoms with Crippen LogP contribution in [0.4, 0.5) is 0 Å². The topological polar surface area (TPSA) is 102 Å². The van der Waals surface area contributed by atoms with Crippen molar-refractivity contribution >= 4 is 11.9 Å².